The standard InChI is InChI=1S/C14H14N8O2S/c1-21-14(17-19-20-21)25-8-11(23)22-6-9(7-22)13-16-12(18-24-13)10-4-2-3-5-15-10/h2-5,9H,6-8H2,1H3. The largest absolute Gasteiger partial charge is 0.340 e. The van der Waals surface area contributed by atoms with Crippen LogP contribution in [-0.4, -0.2) is 65.0 Å². The zero-order chi connectivity index (χ0) is 17.2. The van der Waals surface area contributed by atoms with Crippen LogP contribution in [0.15, 0.2) is 34.1 Å². The summed E-state index contributed by atoms with van der Waals surface area (Å²) in [6.07, 6.45) is 1.68. The van der Waals surface area contributed by atoms with Crippen molar-refractivity contribution in [3.05, 3.63) is 30.3 Å². The van der Waals surface area contributed by atoms with Gasteiger partial charge in [-0.05, 0) is 22.6 Å². The van der Waals surface area contributed by atoms with Crippen LogP contribution in [-0.2, 0) is 11.8 Å². The summed E-state index contributed by atoms with van der Waals surface area (Å²) >= 11 is 1.31. The fourth-order valence-electron chi connectivity index (χ4n) is 2.40. The Balaban J connectivity index is 1.31. The van der Waals surface area contributed by atoms with Crippen LogP contribution >= 0.6 is 11.8 Å². The molecule has 0 radical (unpaired) electrons. The van der Waals surface area contributed by atoms with Crippen molar-refractivity contribution in [2.75, 3.05) is 18.8 Å². The number of nitrogens with zero attached hydrogens (tertiary/aromatic N) is 8. The number of hydrogen-bond acceptors (Lipinski definition) is 9. The third kappa shape index (κ3) is 3.22. The fourth-order valence-corrected chi connectivity index (χ4v) is 3.15. The third-order valence-electron chi connectivity index (χ3n) is 3.83. The minimum Gasteiger partial charge on any atom is -0.340 e. The van der Waals surface area contributed by atoms with Crippen molar-refractivity contribution >= 4 is 17.7 Å². The van der Waals surface area contributed by atoms with Crippen molar-refractivity contribution in [2.24, 2.45) is 7.05 Å². The second-order valence-corrected chi connectivity index (χ2v) is 6.48. The molecule has 0 spiro atoms. The molecular weight excluding hydrogens is 344 g/mol. The number of rotatable bonds is 5. The number of aryl methyl sites for hydroxylation is 1. The first-order chi connectivity index (χ1) is 12.2. The summed E-state index contributed by atoms with van der Waals surface area (Å²) in [5, 5.41) is 15.7. The molecule has 10 nitrogen and oxygen atoms in total. The maximum atomic E-state index is 12.2. The molecule has 1 aliphatic heterocycles. The number of carbonyl (C=O) groups excluding carboxylic acids is 1. The fraction of sp³-hybridized carbons (Fsp3) is 0.357. The zero-order valence-electron chi connectivity index (χ0n) is 13.3. The van der Waals surface area contributed by atoms with E-state index in [1.165, 1.54) is 16.4 Å². The number of thioether (sulfide) groups is 1. The van der Waals surface area contributed by atoms with Gasteiger partial charge in [-0.15, -0.1) is 5.10 Å². The molecule has 1 amide bonds. The quantitative estimate of drug-likeness (QED) is 0.596. The Bertz CT molecular complexity index is 874. The summed E-state index contributed by atoms with van der Waals surface area (Å²) in [4.78, 5) is 22.5. The average molecular weight is 358 g/mol. The highest BCUT2D eigenvalue weighted by molar-refractivity contribution is 7.99. The predicted molar refractivity (Wildman–Crippen MR) is 86.4 cm³/mol. The van der Waals surface area contributed by atoms with E-state index in [1.54, 1.807) is 18.1 Å². The molecule has 11 heteroatoms. The lowest BCUT2D eigenvalue weighted by atomic mass is 10.0. The molecule has 0 N–H and O–H groups in total. The minimum atomic E-state index is 0.0358. The predicted octanol–water partition coefficient (Wildman–Crippen LogP) is 0.373. The first-order valence-electron chi connectivity index (χ1n) is 7.58. The summed E-state index contributed by atoms with van der Waals surface area (Å²) in [7, 11) is 1.74. The van der Waals surface area contributed by atoms with Gasteiger partial charge in [0.05, 0.1) is 11.7 Å². The Labute approximate surface area is 146 Å². The van der Waals surface area contributed by atoms with Crippen LogP contribution in [0.4, 0.5) is 0 Å². The van der Waals surface area contributed by atoms with E-state index in [1.807, 2.05) is 18.2 Å². The molecule has 0 aromatic carbocycles. The molecule has 1 aliphatic rings. The van der Waals surface area contributed by atoms with Gasteiger partial charge in [-0.1, -0.05) is 23.0 Å². The molecule has 4 heterocycles. The van der Waals surface area contributed by atoms with Crippen molar-refractivity contribution in [2.45, 2.75) is 11.1 Å². The van der Waals surface area contributed by atoms with Crippen LogP contribution in [0, 0.1) is 0 Å². The van der Waals surface area contributed by atoms with Gasteiger partial charge in [0.2, 0.25) is 22.8 Å². The molecule has 0 saturated carbocycles. The Kier molecular flexibility index (Phi) is 4.14. The van der Waals surface area contributed by atoms with E-state index in [-0.39, 0.29) is 11.8 Å². The third-order valence-corrected chi connectivity index (χ3v) is 4.82. The molecular formula is C14H14N8O2S. The summed E-state index contributed by atoms with van der Waals surface area (Å²) < 4.78 is 6.85. The van der Waals surface area contributed by atoms with E-state index in [0.29, 0.717) is 41.4 Å². The molecule has 0 atom stereocenters. The summed E-state index contributed by atoms with van der Waals surface area (Å²) in [6, 6.07) is 5.52. The monoisotopic (exact) mass is 358 g/mol. The van der Waals surface area contributed by atoms with E-state index < -0.39 is 0 Å². The number of hydrogen-bond donors (Lipinski definition) is 0. The number of likely N-dealkylation sites (tertiary alicyclic amines) is 1. The number of aromatic nitrogens is 7. The molecule has 0 aliphatic carbocycles. The smallest absolute Gasteiger partial charge is 0.233 e. The van der Waals surface area contributed by atoms with Gasteiger partial charge < -0.3 is 9.42 Å². The van der Waals surface area contributed by atoms with Crippen molar-refractivity contribution < 1.29 is 9.32 Å². The highest BCUT2D eigenvalue weighted by Gasteiger charge is 2.35. The normalized spacial score (nSPS) is 14.5. The van der Waals surface area contributed by atoms with Crippen LogP contribution in [0.5, 0.6) is 0 Å². The highest BCUT2D eigenvalue weighted by Crippen LogP contribution is 2.28. The number of tetrazole rings is 1. The van der Waals surface area contributed by atoms with Crippen molar-refractivity contribution in [3.8, 4) is 11.5 Å². The van der Waals surface area contributed by atoms with E-state index in [9.17, 15) is 4.79 Å². The Morgan fingerprint density at radius 1 is 1.40 bits per heavy atom. The minimum absolute atomic E-state index is 0.0358. The van der Waals surface area contributed by atoms with E-state index >= 15 is 0 Å². The lowest BCUT2D eigenvalue weighted by molar-refractivity contribution is -0.133. The second kappa shape index (κ2) is 6.59. The maximum Gasteiger partial charge on any atom is 0.233 e. The first-order valence-corrected chi connectivity index (χ1v) is 8.57. The number of amides is 1. The highest BCUT2D eigenvalue weighted by atomic mass is 32.2. The van der Waals surface area contributed by atoms with E-state index in [4.69, 9.17) is 4.52 Å². The maximum absolute atomic E-state index is 12.2. The topological polar surface area (TPSA) is 116 Å². The summed E-state index contributed by atoms with van der Waals surface area (Å²) in [5.74, 6) is 1.40. The van der Waals surface area contributed by atoms with Crippen LogP contribution in [0.25, 0.3) is 11.5 Å². The summed E-state index contributed by atoms with van der Waals surface area (Å²) in [6.45, 7) is 1.14. The summed E-state index contributed by atoms with van der Waals surface area (Å²) in [5.41, 5.74) is 0.665. The molecule has 1 fully saturated rings. The van der Waals surface area contributed by atoms with Crippen LogP contribution in [0.3, 0.4) is 0 Å². The molecule has 0 unspecified atom stereocenters. The molecule has 128 valence electrons. The van der Waals surface area contributed by atoms with E-state index in [2.05, 4.69) is 30.7 Å². The number of carbonyl (C=O) groups is 1. The van der Waals surface area contributed by atoms with Gasteiger partial charge in [-0.3, -0.25) is 9.78 Å². The van der Waals surface area contributed by atoms with Crippen LogP contribution in [0.2, 0.25) is 0 Å². The van der Waals surface area contributed by atoms with Crippen LogP contribution < -0.4 is 0 Å². The van der Waals surface area contributed by atoms with Crippen molar-refractivity contribution in [1.29, 1.82) is 0 Å². The van der Waals surface area contributed by atoms with Gasteiger partial charge in [0.1, 0.15) is 5.69 Å². The van der Waals surface area contributed by atoms with Gasteiger partial charge in [-0.25, -0.2) is 4.68 Å². The Morgan fingerprint density at radius 2 is 2.28 bits per heavy atom. The molecule has 3 aromatic rings. The zero-order valence-corrected chi connectivity index (χ0v) is 14.1. The lowest BCUT2D eigenvalue weighted by Gasteiger charge is -2.36. The van der Waals surface area contributed by atoms with Gasteiger partial charge in [0.15, 0.2) is 0 Å². The first kappa shape index (κ1) is 15.7. The lowest BCUT2D eigenvalue weighted by Crippen LogP contribution is -2.49. The average Bonchev–Trinajstić information content (AvgIpc) is 3.22. The van der Waals surface area contributed by atoms with Crippen molar-refractivity contribution in [3.63, 3.8) is 0 Å². The molecule has 0 bridgehead atoms. The van der Waals surface area contributed by atoms with Gasteiger partial charge in [0.25, 0.3) is 0 Å². The SMILES string of the molecule is Cn1nnnc1SCC(=O)N1CC(c2nc(-c3ccccn3)no2)C1. The molecule has 25 heavy (non-hydrogen) atoms. The van der Waals surface area contributed by atoms with Gasteiger partial charge in [-0.2, -0.15) is 4.98 Å². The van der Waals surface area contributed by atoms with Crippen LogP contribution in [0.1, 0.15) is 11.8 Å². The molecule has 4 rings (SSSR count). The molecule has 1 saturated heterocycles. The van der Waals surface area contributed by atoms with E-state index in [0.717, 1.165) is 0 Å². The number of pyridine rings is 1. The Morgan fingerprint density at radius 3 is 3.00 bits per heavy atom. The molecule has 3 aromatic heterocycles. The second-order valence-electron chi connectivity index (χ2n) is 5.54. The van der Waals surface area contributed by atoms with Gasteiger partial charge >= 0.3 is 0 Å². The Hall–Kier alpha value is -2.82. The van der Waals surface area contributed by atoms with Crippen molar-refractivity contribution in [1.82, 2.24) is 40.2 Å². The van der Waals surface area contributed by atoms with Gasteiger partial charge in [0, 0.05) is 26.3 Å².